The van der Waals surface area contributed by atoms with Crippen molar-refractivity contribution in [3.63, 3.8) is 0 Å². The second-order valence-electron chi connectivity index (χ2n) is 7.18. The molecular formula is C15H24N4. The van der Waals surface area contributed by atoms with E-state index in [0.717, 1.165) is 37.3 Å². The lowest BCUT2D eigenvalue weighted by atomic mass is 9.49. The third-order valence-electron chi connectivity index (χ3n) is 5.77. The molecule has 1 aromatic rings. The third kappa shape index (κ3) is 1.83. The second kappa shape index (κ2) is 4.30. The highest BCUT2D eigenvalue weighted by Gasteiger charge is 2.52. The zero-order valence-corrected chi connectivity index (χ0v) is 11.6. The fraction of sp³-hybridized carbons (Fsp3) is 0.867. The fourth-order valence-corrected chi connectivity index (χ4v) is 5.50. The van der Waals surface area contributed by atoms with E-state index in [9.17, 15) is 0 Å². The van der Waals surface area contributed by atoms with Gasteiger partial charge >= 0.3 is 0 Å². The lowest BCUT2D eigenvalue weighted by molar-refractivity contribution is -0.00936. The Balaban J connectivity index is 1.66. The summed E-state index contributed by atoms with van der Waals surface area (Å²) in [5.74, 6) is 2.93. The third-order valence-corrected chi connectivity index (χ3v) is 5.77. The van der Waals surface area contributed by atoms with E-state index >= 15 is 0 Å². The van der Waals surface area contributed by atoms with E-state index in [2.05, 4.69) is 15.0 Å². The van der Waals surface area contributed by atoms with Gasteiger partial charge in [0.05, 0.1) is 11.9 Å². The summed E-state index contributed by atoms with van der Waals surface area (Å²) in [6.07, 6.45) is 11.7. The van der Waals surface area contributed by atoms with Gasteiger partial charge in [-0.15, -0.1) is 5.10 Å². The zero-order valence-electron chi connectivity index (χ0n) is 11.6. The lowest BCUT2D eigenvalue weighted by Gasteiger charge is -2.56. The molecular weight excluding hydrogens is 236 g/mol. The molecule has 0 aliphatic heterocycles. The van der Waals surface area contributed by atoms with Gasteiger partial charge in [-0.25, -0.2) is 4.68 Å². The summed E-state index contributed by atoms with van der Waals surface area (Å²) in [7, 11) is 0. The van der Waals surface area contributed by atoms with Gasteiger partial charge in [0.2, 0.25) is 0 Å². The van der Waals surface area contributed by atoms with Crippen molar-refractivity contribution in [2.45, 2.75) is 56.9 Å². The average molecular weight is 260 g/mol. The van der Waals surface area contributed by atoms with E-state index in [0.29, 0.717) is 5.41 Å². The molecule has 0 radical (unpaired) electrons. The van der Waals surface area contributed by atoms with Crippen LogP contribution < -0.4 is 5.73 Å². The Labute approximate surface area is 114 Å². The summed E-state index contributed by atoms with van der Waals surface area (Å²) in [6, 6.07) is 0. The Bertz CT molecular complexity index is 429. The van der Waals surface area contributed by atoms with E-state index in [1.54, 1.807) is 0 Å². The SMILES string of the molecule is NCCCn1nncc1C12CC3CC(CC(C3)C1)C2. The molecule has 4 heteroatoms. The molecule has 0 unspecified atom stereocenters. The van der Waals surface area contributed by atoms with Crippen molar-refractivity contribution in [2.75, 3.05) is 6.54 Å². The van der Waals surface area contributed by atoms with Crippen LogP contribution in [0.15, 0.2) is 6.20 Å². The summed E-state index contributed by atoms with van der Waals surface area (Å²) in [4.78, 5) is 0. The van der Waals surface area contributed by atoms with Crippen LogP contribution >= 0.6 is 0 Å². The number of hydrogen-bond acceptors (Lipinski definition) is 3. The van der Waals surface area contributed by atoms with Crippen LogP contribution in [0.4, 0.5) is 0 Å². The molecule has 0 atom stereocenters. The lowest BCUT2D eigenvalue weighted by Crippen LogP contribution is -2.49. The normalized spacial score (nSPS) is 39.9. The quantitative estimate of drug-likeness (QED) is 0.902. The molecule has 2 N–H and O–H groups in total. The van der Waals surface area contributed by atoms with Gasteiger partial charge in [0.15, 0.2) is 0 Å². The van der Waals surface area contributed by atoms with E-state index < -0.39 is 0 Å². The number of nitrogens with two attached hydrogens (primary N) is 1. The zero-order chi connectivity index (χ0) is 12.9. The van der Waals surface area contributed by atoms with Crippen molar-refractivity contribution in [3.05, 3.63) is 11.9 Å². The van der Waals surface area contributed by atoms with E-state index in [1.165, 1.54) is 44.2 Å². The van der Waals surface area contributed by atoms with Crippen LogP contribution in [0.5, 0.6) is 0 Å². The van der Waals surface area contributed by atoms with Crippen molar-refractivity contribution >= 4 is 0 Å². The highest BCUT2D eigenvalue weighted by Crippen LogP contribution is 2.60. The average Bonchev–Trinajstić information content (AvgIpc) is 2.83. The first kappa shape index (κ1) is 11.9. The number of nitrogens with zero attached hydrogens (tertiary/aromatic N) is 3. The molecule has 0 spiro atoms. The van der Waals surface area contributed by atoms with Crippen LogP contribution in [0.1, 0.15) is 50.6 Å². The first-order valence-electron chi connectivity index (χ1n) is 7.88. The molecule has 104 valence electrons. The van der Waals surface area contributed by atoms with Gasteiger partial charge in [0.1, 0.15) is 0 Å². The Hall–Kier alpha value is -0.900. The minimum Gasteiger partial charge on any atom is -0.330 e. The molecule has 0 aromatic carbocycles. The highest BCUT2D eigenvalue weighted by molar-refractivity contribution is 5.20. The molecule has 19 heavy (non-hydrogen) atoms. The van der Waals surface area contributed by atoms with Gasteiger partial charge in [0.25, 0.3) is 0 Å². The highest BCUT2D eigenvalue weighted by atomic mass is 15.4. The minimum absolute atomic E-state index is 0.410. The summed E-state index contributed by atoms with van der Waals surface area (Å²) in [6.45, 7) is 1.67. The Morgan fingerprint density at radius 2 is 1.79 bits per heavy atom. The number of aromatic nitrogens is 3. The molecule has 4 fully saturated rings. The van der Waals surface area contributed by atoms with Crippen molar-refractivity contribution in [2.24, 2.45) is 23.5 Å². The van der Waals surface area contributed by atoms with Crippen LogP contribution in [0.3, 0.4) is 0 Å². The van der Waals surface area contributed by atoms with Crippen molar-refractivity contribution in [1.82, 2.24) is 15.0 Å². The largest absolute Gasteiger partial charge is 0.330 e. The molecule has 5 rings (SSSR count). The molecule has 0 saturated heterocycles. The predicted molar refractivity (Wildman–Crippen MR) is 73.5 cm³/mol. The van der Waals surface area contributed by atoms with Crippen LogP contribution in [0, 0.1) is 17.8 Å². The minimum atomic E-state index is 0.410. The maximum absolute atomic E-state index is 5.64. The van der Waals surface area contributed by atoms with Crippen molar-refractivity contribution in [3.8, 4) is 0 Å². The van der Waals surface area contributed by atoms with Gasteiger partial charge in [0, 0.05) is 12.0 Å². The Morgan fingerprint density at radius 3 is 2.37 bits per heavy atom. The molecule has 4 nitrogen and oxygen atoms in total. The molecule has 4 saturated carbocycles. The summed E-state index contributed by atoms with van der Waals surface area (Å²) < 4.78 is 2.15. The second-order valence-corrected chi connectivity index (χ2v) is 7.18. The van der Waals surface area contributed by atoms with E-state index in [4.69, 9.17) is 5.73 Å². The van der Waals surface area contributed by atoms with Crippen LogP contribution in [0.25, 0.3) is 0 Å². The monoisotopic (exact) mass is 260 g/mol. The molecule has 4 bridgehead atoms. The van der Waals surface area contributed by atoms with Crippen LogP contribution in [-0.4, -0.2) is 21.5 Å². The van der Waals surface area contributed by atoms with Crippen LogP contribution in [-0.2, 0) is 12.0 Å². The number of rotatable bonds is 4. The maximum Gasteiger partial charge on any atom is 0.0730 e. The molecule has 4 aliphatic rings. The first-order chi connectivity index (χ1) is 9.29. The molecule has 0 amide bonds. The van der Waals surface area contributed by atoms with Gasteiger partial charge in [-0.2, -0.15) is 0 Å². The summed E-state index contributed by atoms with van der Waals surface area (Å²) >= 11 is 0. The Morgan fingerprint density at radius 1 is 1.16 bits per heavy atom. The molecule has 1 aromatic heterocycles. The smallest absolute Gasteiger partial charge is 0.0730 e. The van der Waals surface area contributed by atoms with Gasteiger partial charge in [-0.1, -0.05) is 5.21 Å². The predicted octanol–water partition coefficient (Wildman–Crippen LogP) is 2.09. The maximum atomic E-state index is 5.64. The van der Waals surface area contributed by atoms with Gasteiger partial charge in [-0.3, -0.25) is 0 Å². The van der Waals surface area contributed by atoms with Gasteiger partial charge < -0.3 is 5.73 Å². The summed E-state index contributed by atoms with van der Waals surface area (Å²) in [5, 5.41) is 8.53. The topological polar surface area (TPSA) is 56.7 Å². The number of hydrogen-bond donors (Lipinski definition) is 1. The van der Waals surface area contributed by atoms with Crippen molar-refractivity contribution < 1.29 is 0 Å². The number of aryl methyl sites for hydroxylation is 1. The van der Waals surface area contributed by atoms with E-state index in [-0.39, 0.29) is 0 Å². The first-order valence-corrected chi connectivity index (χ1v) is 7.88. The molecule has 4 aliphatic carbocycles. The van der Waals surface area contributed by atoms with E-state index in [1.807, 2.05) is 6.20 Å². The standard InChI is InChI=1S/C15H24N4/c16-2-1-3-19-14(10-17-18-19)15-7-11-4-12(8-15)6-13(5-11)9-15/h10-13H,1-9,16H2. The fourth-order valence-electron chi connectivity index (χ4n) is 5.50. The summed E-state index contributed by atoms with van der Waals surface area (Å²) in [5.41, 5.74) is 7.47. The van der Waals surface area contributed by atoms with Crippen LogP contribution in [0.2, 0.25) is 0 Å². The molecule has 1 heterocycles. The Kier molecular flexibility index (Phi) is 2.69. The van der Waals surface area contributed by atoms with Gasteiger partial charge in [-0.05, 0) is 69.2 Å². The van der Waals surface area contributed by atoms with Crippen molar-refractivity contribution in [1.29, 1.82) is 0 Å².